The lowest BCUT2D eigenvalue weighted by atomic mass is 10.0. The van der Waals surface area contributed by atoms with Crippen molar-refractivity contribution in [2.45, 2.75) is 321 Å². The lowest BCUT2D eigenvalue weighted by molar-refractivity contribution is -0.870. The predicted octanol–water partition coefficient (Wildman–Crippen LogP) is 19.3. The van der Waals surface area contributed by atoms with Crippen molar-refractivity contribution in [3.8, 4) is 0 Å². The van der Waals surface area contributed by atoms with Crippen molar-refractivity contribution in [3.05, 3.63) is 36.5 Å². The monoisotopic (exact) mass is 1040 g/mol. The molecule has 1 amide bonds. The molecule has 0 heterocycles. The number of unbranched alkanes of at least 4 members (excludes halogenated alkanes) is 41. The van der Waals surface area contributed by atoms with E-state index in [0.29, 0.717) is 17.4 Å². The number of aliphatic hydroxyl groups excluding tert-OH is 1. The zero-order valence-electron chi connectivity index (χ0n) is 48.7. The number of aliphatic hydroxyl groups is 1. The first kappa shape index (κ1) is 70.7. The number of likely N-dealkylation sites (N-methyl/N-ethyl adjacent to an activating group) is 1. The summed E-state index contributed by atoms with van der Waals surface area (Å²) in [7, 11) is 1.56. The minimum absolute atomic E-state index is 0.0565. The fourth-order valence-electron chi connectivity index (χ4n) is 9.41. The normalized spacial score (nSPS) is 14.0. The summed E-state index contributed by atoms with van der Waals surface area (Å²) in [6, 6.07) is -0.865. The van der Waals surface area contributed by atoms with Gasteiger partial charge in [-0.1, -0.05) is 281 Å². The predicted molar refractivity (Wildman–Crippen MR) is 314 cm³/mol. The minimum Gasteiger partial charge on any atom is -0.387 e. The first-order chi connectivity index (χ1) is 35.0. The first-order valence-corrected chi connectivity index (χ1v) is 32.9. The van der Waals surface area contributed by atoms with Crippen LogP contribution in [0.15, 0.2) is 36.5 Å². The molecule has 3 N–H and O–H groups in total. The number of hydrogen-bond donors (Lipinski definition) is 3. The number of amides is 1. The fourth-order valence-corrected chi connectivity index (χ4v) is 10.1. The largest absolute Gasteiger partial charge is 0.472 e. The number of nitrogens with zero attached hydrogens (tertiary/aromatic N) is 1. The molecule has 0 bridgehead atoms. The Balaban J connectivity index is 4.14. The summed E-state index contributed by atoms with van der Waals surface area (Å²) >= 11 is 0. The molecule has 72 heavy (non-hydrogen) atoms. The van der Waals surface area contributed by atoms with Crippen molar-refractivity contribution >= 4 is 13.7 Å². The molecule has 9 heteroatoms. The van der Waals surface area contributed by atoms with Crippen molar-refractivity contribution in [3.63, 3.8) is 0 Å². The van der Waals surface area contributed by atoms with Gasteiger partial charge in [0.2, 0.25) is 5.91 Å². The van der Waals surface area contributed by atoms with Crippen molar-refractivity contribution in [1.82, 2.24) is 5.32 Å². The SMILES string of the molecule is CCCCCCCC/C=C\CCCCCCCCCCCC(=O)NC(COP(=O)(O)OCC[N+](C)(C)C)C(O)/C=C/CC/C=C/CCCCCCCCCCCCCCCCCCCCCCCCCCC. The molecule has 0 saturated heterocycles. The maximum absolute atomic E-state index is 13.0. The number of phosphoric ester groups is 1. The van der Waals surface area contributed by atoms with Gasteiger partial charge in [-0.2, -0.15) is 0 Å². The Kier molecular flexibility index (Phi) is 53.5. The lowest BCUT2D eigenvalue weighted by Crippen LogP contribution is -2.45. The Bertz CT molecular complexity index is 1270. The van der Waals surface area contributed by atoms with E-state index < -0.39 is 20.0 Å². The molecule has 0 aliphatic rings. The highest BCUT2D eigenvalue weighted by atomic mass is 31.2. The molecule has 0 radical (unpaired) electrons. The fraction of sp³-hybridized carbons (Fsp3) is 0.889. The molecule has 0 aliphatic carbocycles. The van der Waals surface area contributed by atoms with Gasteiger partial charge in [-0.3, -0.25) is 13.8 Å². The summed E-state index contributed by atoms with van der Waals surface area (Å²) < 4.78 is 23.7. The van der Waals surface area contributed by atoms with Crippen molar-refractivity contribution < 1.29 is 32.9 Å². The van der Waals surface area contributed by atoms with E-state index in [4.69, 9.17) is 9.05 Å². The van der Waals surface area contributed by atoms with E-state index in [0.717, 1.165) is 38.5 Å². The van der Waals surface area contributed by atoms with Gasteiger partial charge in [-0.05, 0) is 57.8 Å². The van der Waals surface area contributed by atoms with Crippen molar-refractivity contribution in [2.24, 2.45) is 0 Å². The Labute approximate surface area is 448 Å². The molecule has 0 saturated carbocycles. The quantitative estimate of drug-likeness (QED) is 0.0243. The zero-order chi connectivity index (χ0) is 52.7. The van der Waals surface area contributed by atoms with Crippen LogP contribution in [0.1, 0.15) is 309 Å². The van der Waals surface area contributed by atoms with E-state index in [1.807, 2.05) is 27.2 Å². The maximum Gasteiger partial charge on any atom is 0.472 e. The number of nitrogens with one attached hydrogen (secondary N) is 1. The number of carbonyl (C=O) groups excluding carboxylic acids is 1. The summed E-state index contributed by atoms with van der Waals surface area (Å²) in [5.41, 5.74) is 0. The maximum atomic E-state index is 13.0. The third-order valence-electron chi connectivity index (χ3n) is 14.3. The highest BCUT2D eigenvalue weighted by Crippen LogP contribution is 2.43. The summed E-state index contributed by atoms with van der Waals surface area (Å²) in [6.07, 6.45) is 71.3. The Morgan fingerprint density at radius 3 is 1.11 bits per heavy atom. The smallest absolute Gasteiger partial charge is 0.387 e. The number of carbonyl (C=O) groups is 1. The summed E-state index contributed by atoms with van der Waals surface area (Å²) in [5.74, 6) is -0.186. The van der Waals surface area contributed by atoms with Gasteiger partial charge in [0.25, 0.3) is 0 Å². The number of hydrogen-bond acceptors (Lipinski definition) is 5. The van der Waals surface area contributed by atoms with Gasteiger partial charge in [0, 0.05) is 6.42 Å². The van der Waals surface area contributed by atoms with Gasteiger partial charge in [0.1, 0.15) is 13.2 Å². The molecule has 3 atom stereocenters. The molecule has 8 nitrogen and oxygen atoms in total. The lowest BCUT2D eigenvalue weighted by Gasteiger charge is -2.25. The van der Waals surface area contributed by atoms with Gasteiger partial charge in [-0.15, -0.1) is 0 Å². The molecular weight excluding hydrogens is 912 g/mol. The van der Waals surface area contributed by atoms with Crippen LogP contribution >= 0.6 is 7.82 Å². The van der Waals surface area contributed by atoms with E-state index in [9.17, 15) is 19.4 Å². The highest BCUT2D eigenvalue weighted by molar-refractivity contribution is 7.47. The van der Waals surface area contributed by atoms with Gasteiger partial charge in [-0.25, -0.2) is 4.57 Å². The van der Waals surface area contributed by atoms with E-state index in [-0.39, 0.29) is 19.1 Å². The van der Waals surface area contributed by atoms with E-state index in [2.05, 4.69) is 43.5 Å². The zero-order valence-corrected chi connectivity index (χ0v) is 49.6. The average molecular weight is 1040 g/mol. The number of phosphoric acid groups is 1. The molecule has 0 spiro atoms. The molecular formula is C63H124N2O6P+. The van der Waals surface area contributed by atoms with Gasteiger partial charge < -0.3 is 19.8 Å². The second kappa shape index (κ2) is 54.5. The molecule has 0 aliphatic heterocycles. The standard InChI is InChI=1S/C63H123N2O6P/c1-6-8-10-12-14-16-18-20-22-24-26-27-28-29-30-31-32-33-34-35-36-37-39-40-42-44-46-48-50-52-54-56-62(66)61(60-71-72(68,69)70-59-58-65(3,4)5)64-63(67)57-55-53-51-49-47-45-43-41-38-25-23-21-19-17-15-13-11-9-7-2/h21,23,46,48,54,56,61-62,66H,6-20,22,24-45,47,49-53,55,57-60H2,1-5H3,(H-,64,67,68,69)/p+1/b23-21-,48-46+,56-54+. The third-order valence-corrected chi connectivity index (χ3v) is 15.3. The third kappa shape index (κ3) is 56.4. The van der Waals surface area contributed by atoms with Crippen LogP contribution in [0.4, 0.5) is 0 Å². The second-order valence-electron chi connectivity index (χ2n) is 22.8. The van der Waals surface area contributed by atoms with Crippen LogP contribution in [-0.4, -0.2) is 73.4 Å². The Morgan fingerprint density at radius 2 is 0.764 bits per heavy atom. The molecule has 426 valence electrons. The van der Waals surface area contributed by atoms with Crippen molar-refractivity contribution in [2.75, 3.05) is 40.9 Å². The summed E-state index contributed by atoms with van der Waals surface area (Å²) in [5, 5.41) is 13.9. The van der Waals surface area contributed by atoms with Crippen LogP contribution in [0.2, 0.25) is 0 Å². The number of quaternary nitrogens is 1. The molecule has 3 unspecified atom stereocenters. The Morgan fingerprint density at radius 1 is 0.458 bits per heavy atom. The molecule has 0 aromatic rings. The highest BCUT2D eigenvalue weighted by Gasteiger charge is 2.27. The first-order valence-electron chi connectivity index (χ1n) is 31.4. The minimum atomic E-state index is -4.36. The molecule has 0 rings (SSSR count). The Hall–Kier alpha value is -1.28. The summed E-state index contributed by atoms with van der Waals surface area (Å²) in [6.45, 7) is 4.83. The topological polar surface area (TPSA) is 105 Å². The number of rotatable bonds is 58. The molecule has 0 aromatic carbocycles. The van der Waals surface area contributed by atoms with Crippen molar-refractivity contribution in [1.29, 1.82) is 0 Å². The van der Waals surface area contributed by atoms with Crippen LogP contribution in [0, 0.1) is 0 Å². The van der Waals surface area contributed by atoms with Crippen LogP contribution in [0.5, 0.6) is 0 Å². The van der Waals surface area contributed by atoms with Gasteiger partial charge in [0.05, 0.1) is 39.9 Å². The van der Waals surface area contributed by atoms with Crippen LogP contribution in [-0.2, 0) is 18.4 Å². The van der Waals surface area contributed by atoms with E-state index in [1.165, 1.54) is 250 Å². The van der Waals surface area contributed by atoms with Crippen LogP contribution in [0.3, 0.4) is 0 Å². The van der Waals surface area contributed by atoms with Crippen LogP contribution < -0.4 is 5.32 Å². The van der Waals surface area contributed by atoms with Gasteiger partial charge in [0.15, 0.2) is 0 Å². The second-order valence-corrected chi connectivity index (χ2v) is 24.2. The molecule has 0 aromatic heterocycles. The summed E-state index contributed by atoms with van der Waals surface area (Å²) in [4.78, 5) is 23.3. The van der Waals surface area contributed by atoms with E-state index >= 15 is 0 Å². The number of allylic oxidation sites excluding steroid dienone is 5. The van der Waals surface area contributed by atoms with Gasteiger partial charge >= 0.3 is 7.82 Å². The average Bonchev–Trinajstić information content (AvgIpc) is 3.34. The molecule has 0 fully saturated rings. The van der Waals surface area contributed by atoms with E-state index in [1.54, 1.807) is 6.08 Å². The van der Waals surface area contributed by atoms with Crippen LogP contribution in [0.25, 0.3) is 0 Å².